The van der Waals surface area contributed by atoms with Gasteiger partial charge in [-0.2, -0.15) is 0 Å². The highest BCUT2D eigenvalue weighted by Crippen LogP contribution is 2.24. The van der Waals surface area contributed by atoms with Crippen LogP contribution in [0.2, 0.25) is 0 Å². The van der Waals surface area contributed by atoms with E-state index >= 15 is 0 Å². The number of aryl methyl sites for hydroxylation is 1. The van der Waals surface area contributed by atoms with Crippen LogP contribution in [0.4, 0.5) is 11.4 Å². The number of likely N-dealkylation sites (tertiary alicyclic amines) is 1. The van der Waals surface area contributed by atoms with Gasteiger partial charge in [0, 0.05) is 42.9 Å². The summed E-state index contributed by atoms with van der Waals surface area (Å²) in [6, 6.07) is 7.81. The van der Waals surface area contributed by atoms with Crippen LogP contribution in [-0.4, -0.2) is 39.7 Å². The smallest absolute Gasteiger partial charge is 0.270 e. The van der Waals surface area contributed by atoms with Crippen LogP contribution in [-0.2, 0) is 4.79 Å². The molecule has 8 nitrogen and oxygen atoms in total. The summed E-state index contributed by atoms with van der Waals surface area (Å²) in [4.78, 5) is 41.2. The number of rotatable bonds is 4. The van der Waals surface area contributed by atoms with E-state index in [1.54, 1.807) is 42.4 Å². The van der Waals surface area contributed by atoms with Crippen molar-refractivity contribution in [1.29, 1.82) is 0 Å². The summed E-state index contributed by atoms with van der Waals surface area (Å²) < 4.78 is 0. The van der Waals surface area contributed by atoms with E-state index in [1.165, 1.54) is 12.1 Å². The highest BCUT2D eigenvalue weighted by molar-refractivity contribution is 5.97. The third kappa shape index (κ3) is 4.28. The predicted molar refractivity (Wildman–Crippen MR) is 99.3 cm³/mol. The number of nitrogens with one attached hydrogen (secondary N) is 1. The molecule has 0 radical (unpaired) electrons. The van der Waals surface area contributed by atoms with Crippen LogP contribution in [0.1, 0.15) is 28.8 Å². The standard InChI is InChI=1S/C19H20N4O4/c1-13-4-5-16(23(26)27)11-17(13)19(25)22-9-6-14(7-10-22)18(24)21-15-3-2-8-20-12-15/h2-5,8,11-12,14H,6-7,9-10H2,1H3,(H,21,24). The lowest BCUT2D eigenvalue weighted by atomic mass is 9.95. The number of non-ortho nitro benzene ring substituents is 1. The predicted octanol–water partition coefficient (Wildman–Crippen LogP) is 2.79. The Balaban J connectivity index is 1.62. The van der Waals surface area contributed by atoms with E-state index in [9.17, 15) is 19.7 Å². The average molecular weight is 368 g/mol. The minimum absolute atomic E-state index is 0.0818. The lowest BCUT2D eigenvalue weighted by Crippen LogP contribution is -2.41. The van der Waals surface area contributed by atoms with E-state index in [0.29, 0.717) is 42.7 Å². The molecule has 2 aromatic rings. The Bertz CT molecular complexity index is 861. The molecule has 8 heteroatoms. The molecule has 140 valence electrons. The molecule has 27 heavy (non-hydrogen) atoms. The van der Waals surface area contributed by atoms with Crippen molar-refractivity contribution in [3.63, 3.8) is 0 Å². The molecule has 0 aliphatic carbocycles. The molecule has 1 fully saturated rings. The van der Waals surface area contributed by atoms with Gasteiger partial charge in [0.15, 0.2) is 0 Å². The number of nitro groups is 1. The molecule has 3 rings (SSSR count). The first kappa shape index (κ1) is 18.5. The van der Waals surface area contributed by atoms with Crippen molar-refractivity contribution >= 4 is 23.2 Å². The molecule has 2 heterocycles. The number of aromatic nitrogens is 1. The first-order valence-electron chi connectivity index (χ1n) is 8.71. The average Bonchev–Trinajstić information content (AvgIpc) is 2.68. The molecule has 0 atom stereocenters. The van der Waals surface area contributed by atoms with E-state index in [0.717, 1.165) is 0 Å². The molecule has 0 spiro atoms. The van der Waals surface area contributed by atoms with Crippen molar-refractivity contribution in [3.05, 3.63) is 64.0 Å². The Morgan fingerprint density at radius 3 is 2.63 bits per heavy atom. The van der Waals surface area contributed by atoms with Crippen molar-refractivity contribution < 1.29 is 14.5 Å². The van der Waals surface area contributed by atoms with E-state index in [4.69, 9.17) is 0 Å². The van der Waals surface area contributed by atoms with Crippen molar-refractivity contribution in [3.8, 4) is 0 Å². The van der Waals surface area contributed by atoms with E-state index in [-0.39, 0.29) is 23.4 Å². The van der Waals surface area contributed by atoms with Gasteiger partial charge in [0.1, 0.15) is 0 Å². The Morgan fingerprint density at radius 1 is 1.26 bits per heavy atom. The Kier molecular flexibility index (Phi) is 5.44. The number of hydrogen-bond donors (Lipinski definition) is 1. The van der Waals surface area contributed by atoms with Gasteiger partial charge in [-0.15, -0.1) is 0 Å². The molecule has 1 aromatic carbocycles. The summed E-state index contributed by atoms with van der Waals surface area (Å²) in [5.74, 6) is -0.496. The maximum absolute atomic E-state index is 12.8. The minimum Gasteiger partial charge on any atom is -0.339 e. The van der Waals surface area contributed by atoms with Crippen LogP contribution in [0, 0.1) is 23.0 Å². The quantitative estimate of drug-likeness (QED) is 0.660. The summed E-state index contributed by atoms with van der Waals surface area (Å²) in [6.07, 6.45) is 4.31. The van der Waals surface area contributed by atoms with Gasteiger partial charge >= 0.3 is 0 Å². The number of amides is 2. The van der Waals surface area contributed by atoms with Crippen molar-refractivity contribution in [2.24, 2.45) is 5.92 Å². The summed E-state index contributed by atoms with van der Waals surface area (Å²) >= 11 is 0. The number of piperidine rings is 1. The fourth-order valence-electron chi connectivity index (χ4n) is 3.15. The van der Waals surface area contributed by atoms with Gasteiger partial charge < -0.3 is 10.2 Å². The summed E-state index contributed by atoms with van der Waals surface area (Å²) in [6.45, 7) is 2.63. The topological polar surface area (TPSA) is 105 Å². The number of nitro benzene ring substituents is 1. The molecular weight excluding hydrogens is 348 g/mol. The number of carbonyl (C=O) groups excluding carboxylic acids is 2. The van der Waals surface area contributed by atoms with Gasteiger partial charge in [-0.1, -0.05) is 6.07 Å². The maximum Gasteiger partial charge on any atom is 0.270 e. The molecular formula is C19H20N4O4. The molecule has 1 saturated heterocycles. The first-order valence-corrected chi connectivity index (χ1v) is 8.71. The Labute approximate surface area is 156 Å². The van der Waals surface area contributed by atoms with Crippen LogP contribution >= 0.6 is 0 Å². The summed E-state index contributed by atoms with van der Waals surface area (Å²) in [5.41, 5.74) is 1.58. The second kappa shape index (κ2) is 7.94. The maximum atomic E-state index is 12.8. The van der Waals surface area contributed by atoms with Crippen LogP contribution in [0.3, 0.4) is 0 Å². The lowest BCUT2D eigenvalue weighted by Gasteiger charge is -2.31. The fourth-order valence-corrected chi connectivity index (χ4v) is 3.15. The zero-order valence-electron chi connectivity index (χ0n) is 14.9. The molecule has 1 aliphatic rings. The highest BCUT2D eigenvalue weighted by atomic mass is 16.6. The van der Waals surface area contributed by atoms with Gasteiger partial charge in [0.05, 0.1) is 16.8 Å². The van der Waals surface area contributed by atoms with E-state index in [2.05, 4.69) is 10.3 Å². The van der Waals surface area contributed by atoms with Gasteiger partial charge in [-0.05, 0) is 37.5 Å². The Hall–Kier alpha value is -3.29. The number of nitrogens with zero attached hydrogens (tertiary/aromatic N) is 3. The molecule has 2 amide bonds. The SMILES string of the molecule is Cc1ccc([N+](=O)[O-])cc1C(=O)N1CCC(C(=O)Nc2cccnc2)CC1. The largest absolute Gasteiger partial charge is 0.339 e. The fraction of sp³-hybridized carbons (Fsp3) is 0.316. The van der Waals surface area contributed by atoms with Gasteiger partial charge in [0.25, 0.3) is 11.6 Å². The van der Waals surface area contributed by atoms with Gasteiger partial charge in [-0.3, -0.25) is 24.7 Å². The molecule has 1 aromatic heterocycles. The third-order valence-electron chi connectivity index (χ3n) is 4.74. The molecule has 0 bridgehead atoms. The van der Waals surface area contributed by atoms with Crippen LogP contribution in [0.25, 0.3) is 0 Å². The second-order valence-corrected chi connectivity index (χ2v) is 6.55. The van der Waals surface area contributed by atoms with Gasteiger partial charge in [-0.25, -0.2) is 0 Å². The molecule has 0 saturated carbocycles. The van der Waals surface area contributed by atoms with E-state index in [1.807, 2.05) is 0 Å². The number of pyridine rings is 1. The van der Waals surface area contributed by atoms with E-state index < -0.39 is 4.92 Å². The highest BCUT2D eigenvalue weighted by Gasteiger charge is 2.29. The molecule has 1 N–H and O–H groups in total. The number of hydrogen-bond acceptors (Lipinski definition) is 5. The third-order valence-corrected chi connectivity index (χ3v) is 4.74. The zero-order valence-corrected chi connectivity index (χ0v) is 14.9. The first-order chi connectivity index (χ1) is 13.0. The number of carbonyl (C=O) groups is 2. The van der Waals surface area contributed by atoms with Crippen LogP contribution in [0.5, 0.6) is 0 Å². The van der Waals surface area contributed by atoms with Gasteiger partial charge in [0.2, 0.25) is 5.91 Å². The zero-order chi connectivity index (χ0) is 19.4. The second-order valence-electron chi connectivity index (χ2n) is 6.55. The van der Waals surface area contributed by atoms with Crippen LogP contribution < -0.4 is 5.32 Å². The van der Waals surface area contributed by atoms with Crippen molar-refractivity contribution in [2.75, 3.05) is 18.4 Å². The number of anilines is 1. The molecule has 0 unspecified atom stereocenters. The van der Waals surface area contributed by atoms with Crippen molar-refractivity contribution in [2.45, 2.75) is 19.8 Å². The lowest BCUT2D eigenvalue weighted by molar-refractivity contribution is -0.384. The monoisotopic (exact) mass is 368 g/mol. The normalized spacial score (nSPS) is 14.6. The summed E-state index contributed by atoms with van der Waals surface area (Å²) in [5, 5.41) is 13.8. The van der Waals surface area contributed by atoms with Crippen molar-refractivity contribution in [1.82, 2.24) is 9.88 Å². The number of benzene rings is 1. The minimum atomic E-state index is -0.509. The molecule has 1 aliphatic heterocycles. The van der Waals surface area contributed by atoms with Crippen LogP contribution in [0.15, 0.2) is 42.7 Å². The Morgan fingerprint density at radius 2 is 2.00 bits per heavy atom. The summed E-state index contributed by atoms with van der Waals surface area (Å²) in [7, 11) is 0.